The van der Waals surface area contributed by atoms with Gasteiger partial charge in [0.2, 0.25) is 5.91 Å². The van der Waals surface area contributed by atoms with Crippen molar-refractivity contribution >= 4 is 5.91 Å². The summed E-state index contributed by atoms with van der Waals surface area (Å²) in [7, 11) is 0. The van der Waals surface area contributed by atoms with Crippen LogP contribution in [0.25, 0.3) is 0 Å². The molecule has 4 N–H and O–H groups in total. The molecular formula is C8H15F3N2O2. The fourth-order valence-electron chi connectivity index (χ4n) is 0.734. The Hall–Kier alpha value is -0.820. The molecule has 1 unspecified atom stereocenters. The van der Waals surface area contributed by atoms with E-state index in [9.17, 15) is 18.0 Å². The van der Waals surface area contributed by atoms with E-state index in [1.54, 1.807) is 13.8 Å². The second-order valence-electron chi connectivity index (χ2n) is 3.57. The molecule has 0 saturated carbocycles. The van der Waals surface area contributed by atoms with Gasteiger partial charge >= 0.3 is 6.18 Å². The summed E-state index contributed by atoms with van der Waals surface area (Å²) >= 11 is 0. The Balaban J connectivity index is 4.02. The van der Waals surface area contributed by atoms with Crippen molar-refractivity contribution in [3.63, 3.8) is 0 Å². The summed E-state index contributed by atoms with van der Waals surface area (Å²) in [6, 6.07) is -0.870. The van der Waals surface area contributed by atoms with E-state index in [-0.39, 0.29) is 5.92 Å². The predicted molar refractivity (Wildman–Crippen MR) is 47.9 cm³/mol. The van der Waals surface area contributed by atoms with Crippen LogP contribution in [0.5, 0.6) is 0 Å². The molecule has 0 fully saturated rings. The molecule has 2 atom stereocenters. The van der Waals surface area contributed by atoms with Gasteiger partial charge < -0.3 is 16.2 Å². The largest absolute Gasteiger partial charge is 0.416 e. The molecule has 0 aromatic rings. The van der Waals surface area contributed by atoms with Crippen molar-refractivity contribution in [3.8, 4) is 0 Å². The third-order valence-electron chi connectivity index (χ3n) is 1.87. The zero-order valence-electron chi connectivity index (χ0n) is 8.51. The summed E-state index contributed by atoms with van der Waals surface area (Å²) in [4.78, 5) is 11.1. The highest BCUT2D eigenvalue weighted by molar-refractivity contribution is 5.81. The zero-order valence-corrected chi connectivity index (χ0v) is 8.51. The smallest absolute Gasteiger partial charge is 0.382 e. The molecule has 15 heavy (non-hydrogen) atoms. The molecule has 90 valence electrons. The van der Waals surface area contributed by atoms with Gasteiger partial charge in [-0.3, -0.25) is 4.79 Å². The molecule has 0 spiro atoms. The van der Waals surface area contributed by atoms with Crippen LogP contribution in [0.2, 0.25) is 0 Å². The van der Waals surface area contributed by atoms with E-state index < -0.39 is 30.8 Å². The lowest BCUT2D eigenvalue weighted by atomic mass is 10.1. The van der Waals surface area contributed by atoms with E-state index >= 15 is 0 Å². The summed E-state index contributed by atoms with van der Waals surface area (Å²) in [5.41, 5.74) is 5.38. The number of carbonyl (C=O) groups excluding carboxylic acids is 1. The van der Waals surface area contributed by atoms with Crippen LogP contribution in [0.15, 0.2) is 0 Å². The first-order chi connectivity index (χ1) is 6.66. The first kappa shape index (κ1) is 14.2. The molecular weight excluding hydrogens is 213 g/mol. The van der Waals surface area contributed by atoms with Gasteiger partial charge in [0.1, 0.15) is 0 Å². The fourth-order valence-corrected chi connectivity index (χ4v) is 0.734. The third-order valence-corrected chi connectivity index (χ3v) is 1.87. The second-order valence-corrected chi connectivity index (χ2v) is 3.57. The summed E-state index contributed by atoms with van der Waals surface area (Å²) in [5.74, 6) is -0.874. The number of amides is 1. The van der Waals surface area contributed by atoms with E-state index in [4.69, 9.17) is 10.8 Å². The van der Waals surface area contributed by atoms with Crippen molar-refractivity contribution in [2.45, 2.75) is 32.2 Å². The van der Waals surface area contributed by atoms with Gasteiger partial charge in [0.05, 0.1) is 12.6 Å². The molecule has 0 radical (unpaired) electrons. The molecule has 0 aliphatic rings. The van der Waals surface area contributed by atoms with Crippen LogP contribution in [-0.4, -0.2) is 35.9 Å². The lowest BCUT2D eigenvalue weighted by Crippen LogP contribution is -2.48. The number of hydrogen-bond acceptors (Lipinski definition) is 3. The van der Waals surface area contributed by atoms with Gasteiger partial charge in [-0.25, -0.2) is 0 Å². The Labute approximate surface area is 85.6 Å². The Morgan fingerprint density at radius 3 is 2.27 bits per heavy atom. The molecule has 0 rings (SSSR count). The first-order valence-electron chi connectivity index (χ1n) is 4.44. The number of nitrogens with one attached hydrogen (secondary N) is 1. The monoisotopic (exact) mass is 228 g/mol. The molecule has 4 nitrogen and oxygen atoms in total. The number of carbonyl (C=O) groups is 1. The molecule has 0 bridgehead atoms. The fraction of sp³-hybridized carbons (Fsp3) is 0.875. The topological polar surface area (TPSA) is 75.4 Å². The van der Waals surface area contributed by atoms with E-state index in [0.29, 0.717) is 0 Å². The van der Waals surface area contributed by atoms with Crippen molar-refractivity contribution in [1.82, 2.24) is 5.32 Å². The van der Waals surface area contributed by atoms with Crippen LogP contribution in [0.1, 0.15) is 13.8 Å². The van der Waals surface area contributed by atoms with Crippen LogP contribution in [0.3, 0.4) is 0 Å². The van der Waals surface area contributed by atoms with Gasteiger partial charge in [0.25, 0.3) is 0 Å². The van der Waals surface area contributed by atoms with Gasteiger partial charge in [-0.1, -0.05) is 13.8 Å². The standard InChI is InChI=1S/C8H15F3N2O2/c1-4(2)6(12)7(15)13-3-5(14)8(9,10)11/h4-6,14H,3,12H2,1-2H3,(H,13,15)/t5?,6-/m0/s1. The summed E-state index contributed by atoms with van der Waals surface area (Å²) in [5, 5.41) is 10.5. The van der Waals surface area contributed by atoms with E-state index in [1.165, 1.54) is 0 Å². The molecule has 0 aromatic carbocycles. The maximum atomic E-state index is 11.8. The lowest BCUT2D eigenvalue weighted by molar-refractivity contribution is -0.201. The SMILES string of the molecule is CC(C)[C@H](N)C(=O)NCC(O)C(F)(F)F. The first-order valence-corrected chi connectivity index (χ1v) is 4.44. The molecule has 0 heterocycles. The Morgan fingerprint density at radius 2 is 1.93 bits per heavy atom. The highest BCUT2D eigenvalue weighted by atomic mass is 19.4. The van der Waals surface area contributed by atoms with Gasteiger partial charge in [0, 0.05) is 0 Å². The van der Waals surface area contributed by atoms with Crippen LogP contribution in [0, 0.1) is 5.92 Å². The highest BCUT2D eigenvalue weighted by Crippen LogP contribution is 2.19. The van der Waals surface area contributed by atoms with Crippen LogP contribution in [-0.2, 0) is 4.79 Å². The zero-order chi connectivity index (χ0) is 12.2. The maximum absolute atomic E-state index is 11.8. The number of aliphatic hydroxyl groups is 1. The third kappa shape index (κ3) is 4.98. The Kier molecular flexibility index (Phi) is 5.02. The maximum Gasteiger partial charge on any atom is 0.416 e. The van der Waals surface area contributed by atoms with Crippen molar-refractivity contribution in [2.24, 2.45) is 11.7 Å². The number of alkyl halides is 3. The molecule has 1 amide bonds. The Bertz CT molecular complexity index is 218. The Morgan fingerprint density at radius 1 is 1.47 bits per heavy atom. The van der Waals surface area contributed by atoms with Crippen LogP contribution >= 0.6 is 0 Å². The molecule has 0 aliphatic carbocycles. The number of halogens is 3. The number of aliphatic hydroxyl groups excluding tert-OH is 1. The van der Waals surface area contributed by atoms with E-state index in [0.717, 1.165) is 0 Å². The van der Waals surface area contributed by atoms with Crippen molar-refractivity contribution in [1.29, 1.82) is 0 Å². The molecule has 0 aliphatic heterocycles. The van der Waals surface area contributed by atoms with E-state index in [2.05, 4.69) is 0 Å². The normalized spacial score (nSPS) is 16.3. The molecule has 7 heteroatoms. The second kappa shape index (κ2) is 5.32. The van der Waals surface area contributed by atoms with Gasteiger partial charge in [-0.15, -0.1) is 0 Å². The van der Waals surface area contributed by atoms with Crippen molar-refractivity contribution in [2.75, 3.05) is 6.54 Å². The lowest BCUT2D eigenvalue weighted by Gasteiger charge is -2.18. The van der Waals surface area contributed by atoms with Gasteiger partial charge in [0.15, 0.2) is 6.10 Å². The minimum Gasteiger partial charge on any atom is -0.382 e. The number of hydrogen-bond donors (Lipinski definition) is 3. The molecule has 0 aromatic heterocycles. The average Bonchev–Trinajstić information content (AvgIpc) is 2.10. The minimum atomic E-state index is -4.73. The number of nitrogens with two attached hydrogens (primary N) is 1. The van der Waals surface area contributed by atoms with Gasteiger partial charge in [-0.05, 0) is 5.92 Å². The minimum absolute atomic E-state index is 0.173. The molecule has 0 saturated heterocycles. The summed E-state index contributed by atoms with van der Waals surface area (Å²) < 4.78 is 35.5. The predicted octanol–water partition coefficient (Wildman–Crippen LogP) is 0.00910. The summed E-state index contributed by atoms with van der Waals surface area (Å²) in [6.07, 6.45) is -7.28. The van der Waals surface area contributed by atoms with Crippen molar-refractivity contribution in [3.05, 3.63) is 0 Å². The van der Waals surface area contributed by atoms with Crippen LogP contribution in [0.4, 0.5) is 13.2 Å². The highest BCUT2D eigenvalue weighted by Gasteiger charge is 2.38. The quantitative estimate of drug-likeness (QED) is 0.634. The van der Waals surface area contributed by atoms with Crippen molar-refractivity contribution < 1.29 is 23.1 Å². The average molecular weight is 228 g/mol. The summed E-state index contributed by atoms with van der Waals surface area (Å²) in [6.45, 7) is 2.47. The van der Waals surface area contributed by atoms with E-state index in [1.807, 2.05) is 5.32 Å². The van der Waals surface area contributed by atoms with Gasteiger partial charge in [-0.2, -0.15) is 13.2 Å². The number of rotatable bonds is 4. The van der Waals surface area contributed by atoms with Crippen LogP contribution < -0.4 is 11.1 Å².